The maximum absolute atomic E-state index is 5.98. The van der Waals surface area contributed by atoms with Gasteiger partial charge in [0.1, 0.15) is 5.82 Å². The summed E-state index contributed by atoms with van der Waals surface area (Å²) >= 11 is 0. The highest BCUT2D eigenvalue weighted by molar-refractivity contribution is 5.75. The van der Waals surface area contributed by atoms with Crippen molar-refractivity contribution in [3.8, 4) is 11.1 Å². The van der Waals surface area contributed by atoms with Gasteiger partial charge in [-0.25, -0.2) is 0 Å². The molecule has 0 aliphatic rings. The summed E-state index contributed by atoms with van der Waals surface area (Å²) in [6.07, 6.45) is 4.43. The zero-order chi connectivity index (χ0) is 10.8. The molecule has 0 aliphatic heterocycles. The SMILES string of the molecule is CCc1nn(C)c(N)c1-c1cccnc1. The number of hydrogen-bond acceptors (Lipinski definition) is 3. The Balaban J connectivity index is 2.61. The zero-order valence-corrected chi connectivity index (χ0v) is 8.94. The maximum Gasteiger partial charge on any atom is 0.129 e. The number of nitrogens with zero attached hydrogens (tertiary/aromatic N) is 3. The summed E-state index contributed by atoms with van der Waals surface area (Å²) in [4.78, 5) is 4.09. The highest BCUT2D eigenvalue weighted by atomic mass is 15.3. The van der Waals surface area contributed by atoms with Gasteiger partial charge in [-0.2, -0.15) is 5.10 Å². The van der Waals surface area contributed by atoms with Crippen LogP contribution in [0.15, 0.2) is 24.5 Å². The highest BCUT2D eigenvalue weighted by Crippen LogP contribution is 2.28. The molecule has 0 saturated heterocycles. The molecule has 0 atom stereocenters. The van der Waals surface area contributed by atoms with Crippen molar-refractivity contribution >= 4 is 5.82 Å². The van der Waals surface area contributed by atoms with Crippen molar-refractivity contribution in [1.29, 1.82) is 0 Å². The van der Waals surface area contributed by atoms with E-state index in [9.17, 15) is 0 Å². The molecule has 0 amide bonds. The van der Waals surface area contributed by atoms with Crippen molar-refractivity contribution in [1.82, 2.24) is 14.8 Å². The summed E-state index contributed by atoms with van der Waals surface area (Å²) in [6, 6.07) is 3.90. The number of aromatic nitrogens is 3. The minimum Gasteiger partial charge on any atom is -0.383 e. The first-order chi connectivity index (χ1) is 7.24. The molecule has 2 aromatic heterocycles. The van der Waals surface area contributed by atoms with Crippen molar-refractivity contribution < 1.29 is 0 Å². The quantitative estimate of drug-likeness (QED) is 0.805. The van der Waals surface area contributed by atoms with Crippen LogP contribution in [0.4, 0.5) is 5.82 Å². The first-order valence-corrected chi connectivity index (χ1v) is 4.95. The predicted molar refractivity (Wildman–Crippen MR) is 60.2 cm³/mol. The van der Waals surface area contributed by atoms with E-state index in [0.29, 0.717) is 5.82 Å². The summed E-state index contributed by atoms with van der Waals surface area (Å²) in [6.45, 7) is 2.07. The molecule has 4 heteroatoms. The molecule has 2 N–H and O–H groups in total. The Labute approximate surface area is 88.8 Å². The Kier molecular flexibility index (Phi) is 2.41. The fourth-order valence-electron chi connectivity index (χ4n) is 1.67. The third-order valence-corrected chi connectivity index (χ3v) is 2.45. The molecule has 0 bridgehead atoms. The van der Waals surface area contributed by atoms with Crippen LogP contribution >= 0.6 is 0 Å². The van der Waals surface area contributed by atoms with Gasteiger partial charge in [-0.05, 0) is 12.5 Å². The Morgan fingerprint density at radius 2 is 2.27 bits per heavy atom. The minimum absolute atomic E-state index is 0.694. The van der Waals surface area contributed by atoms with Crippen LogP contribution in [0.25, 0.3) is 11.1 Å². The van der Waals surface area contributed by atoms with Gasteiger partial charge < -0.3 is 5.73 Å². The Hall–Kier alpha value is -1.84. The number of pyridine rings is 1. The zero-order valence-electron chi connectivity index (χ0n) is 8.94. The van der Waals surface area contributed by atoms with Crippen molar-refractivity contribution in [3.05, 3.63) is 30.2 Å². The molecule has 2 heterocycles. The fraction of sp³-hybridized carbons (Fsp3) is 0.273. The van der Waals surface area contributed by atoms with Gasteiger partial charge in [0.15, 0.2) is 0 Å². The van der Waals surface area contributed by atoms with E-state index in [0.717, 1.165) is 23.2 Å². The Morgan fingerprint density at radius 1 is 1.47 bits per heavy atom. The molecule has 2 aromatic rings. The van der Waals surface area contributed by atoms with Crippen LogP contribution in [0.1, 0.15) is 12.6 Å². The molecule has 15 heavy (non-hydrogen) atoms. The van der Waals surface area contributed by atoms with Crippen molar-refractivity contribution in [2.45, 2.75) is 13.3 Å². The summed E-state index contributed by atoms with van der Waals surface area (Å²) in [5, 5.41) is 4.37. The van der Waals surface area contributed by atoms with E-state index < -0.39 is 0 Å². The molecule has 0 radical (unpaired) electrons. The average Bonchev–Trinajstić information content (AvgIpc) is 2.56. The first kappa shape index (κ1) is 9.71. The predicted octanol–water partition coefficient (Wildman–Crippen LogP) is 1.63. The van der Waals surface area contributed by atoms with E-state index in [-0.39, 0.29) is 0 Å². The lowest BCUT2D eigenvalue weighted by Crippen LogP contribution is -1.98. The van der Waals surface area contributed by atoms with Crippen LogP contribution in [0.5, 0.6) is 0 Å². The molecule has 0 aliphatic carbocycles. The lowest BCUT2D eigenvalue weighted by atomic mass is 10.1. The number of nitrogen functional groups attached to an aromatic ring is 1. The summed E-state index contributed by atoms with van der Waals surface area (Å²) in [5.41, 5.74) is 9.04. The van der Waals surface area contributed by atoms with Gasteiger partial charge in [-0.1, -0.05) is 13.0 Å². The highest BCUT2D eigenvalue weighted by Gasteiger charge is 2.13. The molecule has 78 valence electrons. The van der Waals surface area contributed by atoms with E-state index in [1.54, 1.807) is 10.9 Å². The minimum atomic E-state index is 0.694. The second-order valence-electron chi connectivity index (χ2n) is 3.43. The lowest BCUT2D eigenvalue weighted by molar-refractivity contribution is 0.755. The molecule has 0 fully saturated rings. The second kappa shape index (κ2) is 3.73. The second-order valence-corrected chi connectivity index (χ2v) is 3.43. The largest absolute Gasteiger partial charge is 0.383 e. The summed E-state index contributed by atoms with van der Waals surface area (Å²) < 4.78 is 1.71. The van der Waals surface area contributed by atoms with Crippen molar-refractivity contribution in [3.63, 3.8) is 0 Å². The van der Waals surface area contributed by atoms with E-state index in [4.69, 9.17) is 5.73 Å². The topological polar surface area (TPSA) is 56.7 Å². The Bertz CT molecular complexity index is 459. The number of aryl methyl sites for hydroxylation is 2. The van der Waals surface area contributed by atoms with Gasteiger partial charge in [0, 0.05) is 30.6 Å². The lowest BCUT2D eigenvalue weighted by Gasteiger charge is -2.01. The molecular formula is C11H14N4. The van der Waals surface area contributed by atoms with E-state index in [2.05, 4.69) is 17.0 Å². The number of hydrogen-bond donors (Lipinski definition) is 1. The van der Waals surface area contributed by atoms with Crippen molar-refractivity contribution in [2.24, 2.45) is 7.05 Å². The molecule has 0 unspecified atom stereocenters. The van der Waals surface area contributed by atoms with Gasteiger partial charge in [0.2, 0.25) is 0 Å². The van der Waals surface area contributed by atoms with Crippen molar-refractivity contribution in [2.75, 3.05) is 5.73 Å². The fourth-order valence-corrected chi connectivity index (χ4v) is 1.67. The normalized spacial score (nSPS) is 10.5. The molecule has 0 spiro atoms. The molecule has 0 saturated carbocycles. The summed E-state index contributed by atoms with van der Waals surface area (Å²) in [7, 11) is 1.86. The first-order valence-electron chi connectivity index (χ1n) is 4.95. The standard InChI is InChI=1S/C11H14N4/c1-3-9-10(11(12)15(2)14-9)8-5-4-6-13-7-8/h4-7H,3,12H2,1-2H3. The molecule has 4 nitrogen and oxygen atoms in total. The number of nitrogens with two attached hydrogens (primary N) is 1. The third-order valence-electron chi connectivity index (χ3n) is 2.45. The number of rotatable bonds is 2. The van der Waals surface area contributed by atoms with Crippen LogP contribution in [0.2, 0.25) is 0 Å². The van der Waals surface area contributed by atoms with Gasteiger partial charge in [-0.3, -0.25) is 9.67 Å². The number of anilines is 1. The third kappa shape index (κ3) is 1.58. The van der Waals surface area contributed by atoms with Crippen LogP contribution in [-0.2, 0) is 13.5 Å². The average molecular weight is 202 g/mol. The van der Waals surface area contributed by atoms with Crippen LogP contribution < -0.4 is 5.73 Å². The molecule has 0 aromatic carbocycles. The smallest absolute Gasteiger partial charge is 0.129 e. The molecule has 2 rings (SSSR count). The van der Waals surface area contributed by atoms with Crippen LogP contribution in [-0.4, -0.2) is 14.8 Å². The van der Waals surface area contributed by atoms with Gasteiger partial charge in [-0.15, -0.1) is 0 Å². The van der Waals surface area contributed by atoms with Gasteiger partial charge in [0.25, 0.3) is 0 Å². The summed E-state index contributed by atoms with van der Waals surface area (Å²) in [5.74, 6) is 0.694. The van der Waals surface area contributed by atoms with E-state index in [1.807, 2.05) is 25.4 Å². The van der Waals surface area contributed by atoms with Gasteiger partial charge >= 0.3 is 0 Å². The van der Waals surface area contributed by atoms with E-state index in [1.165, 1.54) is 0 Å². The van der Waals surface area contributed by atoms with Crippen LogP contribution in [0.3, 0.4) is 0 Å². The maximum atomic E-state index is 5.98. The van der Waals surface area contributed by atoms with E-state index >= 15 is 0 Å². The monoisotopic (exact) mass is 202 g/mol. The van der Waals surface area contributed by atoms with Crippen LogP contribution in [0, 0.1) is 0 Å². The molecular weight excluding hydrogens is 188 g/mol. The Morgan fingerprint density at radius 3 is 2.87 bits per heavy atom. The van der Waals surface area contributed by atoms with Gasteiger partial charge in [0.05, 0.1) is 5.69 Å².